The summed E-state index contributed by atoms with van der Waals surface area (Å²) < 4.78 is 5.81. The quantitative estimate of drug-likeness (QED) is 0.728. The summed E-state index contributed by atoms with van der Waals surface area (Å²) in [5.74, 6) is -0.559. The largest absolute Gasteiger partial charge is 0.462 e. The maximum atomic E-state index is 12.4. The molecule has 0 spiro atoms. The molecule has 1 N–H and O–H groups in total. The zero-order chi connectivity index (χ0) is 17.1. The van der Waals surface area contributed by atoms with E-state index in [1.807, 2.05) is 25.1 Å². The van der Waals surface area contributed by atoms with Gasteiger partial charge in [-0.3, -0.25) is 10.1 Å². The van der Waals surface area contributed by atoms with Gasteiger partial charge in [-0.15, -0.1) is 0 Å². The molecule has 0 fully saturated rings. The van der Waals surface area contributed by atoms with Gasteiger partial charge in [0.25, 0.3) is 5.91 Å². The third kappa shape index (κ3) is 3.28. The lowest BCUT2D eigenvalue weighted by atomic mass is 10.1. The second kappa shape index (κ2) is 6.80. The van der Waals surface area contributed by atoms with E-state index in [2.05, 4.69) is 10.3 Å². The number of thiazole rings is 1. The van der Waals surface area contributed by atoms with Crippen LogP contribution in [0.4, 0.5) is 5.13 Å². The highest BCUT2D eigenvalue weighted by Gasteiger charge is 2.13. The molecule has 0 radical (unpaired) electrons. The Morgan fingerprint density at radius 3 is 2.75 bits per heavy atom. The summed E-state index contributed by atoms with van der Waals surface area (Å²) in [6, 6.07) is 12.5. The van der Waals surface area contributed by atoms with Crippen molar-refractivity contribution in [2.24, 2.45) is 0 Å². The minimum Gasteiger partial charge on any atom is -0.462 e. The van der Waals surface area contributed by atoms with Crippen LogP contribution in [0.5, 0.6) is 0 Å². The number of nitrogens with zero attached hydrogens (tertiary/aromatic N) is 1. The SMILES string of the molecule is CCOC(=O)c1ccc2nc(NC(=O)c3ccccc3C)sc2c1. The summed E-state index contributed by atoms with van der Waals surface area (Å²) in [5.41, 5.74) is 2.72. The number of aromatic nitrogens is 1. The number of anilines is 1. The van der Waals surface area contributed by atoms with Gasteiger partial charge in [-0.05, 0) is 43.7 Å². The number of rotatable bonds is 4. The van der Waals surface area contributed by atoms with Gasteiger partial charge in [-0.1, -0.05) is 29.5 Å². The molecule has 0 atom stereocenters. The van der Waals surface area contributed by atoms with Gasteiger partial charge < -0.3 is 4.74 Å². The third-order valence-corrected chi connectivity index (χ3v) is 4.44. The monoisotopic (exact) mass is 340 g/mol. The van der Waals surface area contributed by atoms with E-state index in [4.69, 9.17) is 4.74 Å². The van der Waals surface area contributed by atoms with Gasteiger partial charge in [0.15, 0.2) is 5.13 Å². The lowest BCUT2D eigenvalue weighted by Crippen LogP contribution is -2.12. The van der Waals surface area contributed by atoms with Crippen LogP contribution in [-0.2, 0) is 4.74 Å². The molecular weight excluding hydrogens is 324 g/mol. The van der Waals surface area contributed by atoms with Gasteiger partial charge in [0.1, 0.15) is 0 Å². The summed E-state index contributed by atoms with van der Waals surface area (Å²) in [6.45, 7) is 3.98. The number of hydrogen-bond acceptors (Lipinski definition) is 5. The fraction of sp³-hybridized carbons (Fsp3) is 0.167. The number of fused-ring (bicyclic) bond motifs is 1. The van der Waals surface area contributed by atoms with E-state index in [0.717, 1.165) is 15.8 Å². The summed E-state index contributed by atoms with van der Waals surface area (Å²) in [4.78, 5) is 28.5. The van der Waals surface area contributed by atoms with Crippen molar-refractivity contribution in [3.63, 3.8) is 0 Å². The van der Waals surface area contributed by atoms with Crippen LogP contribution in [0.2, 0.25) is 0 Å². The highest BCUT2D eigenvalue weighted by atomic mass is 32.1. The Balaban J connectivity index is 1.84. The molecule has 3 rings (SSSR count). The van der Waals surface area contributed by atoms with Gasteiger partial charge in [0.2, 0.25) is 0 Å². The van der Waals surface area contributed by atoms with E-state index >= 15 is 0 Å². The van der Waals surface area contributed by atoms with Crippen LogP contribution < -0.4 is 5.32 Å². The minimum absolute atomic E-state index is 0.197. The maximum absolute atomic E-state index is 12.4. The zero-order valence-electron chi connectivity index (χ0n) is 13.3. The van der Waals surface area contributed by atoms with Crippen LogP contribution in [0.3, 0.4) is 0 Å². The van der Waals surface area contributed by atoms with Crippen LogP contribution in [-0.4, -0.2) is 23.5 Å². The first-order chi connectivity index (χ1) is 11.6. The van der Waals surface area contributed by atoms with Crippen LogP contribution in [0.15, 0.2) is 42.5 Å². The molecule has 5 nitrogen and oxygen atoms in total. The molecule has 6 heteroatoms. The van der Waals surface area contributed by atoms with E-state index in [0.29, 0.717) is 22.9 Å². The van der Waals surface area contributed by atoms with Crippen molar-refractivity contribution in [3.8, 4) is 0 Å². The Labute approximate surface area is 143 Å². The zero-order valence-corrected chi connectivity index (χ0v) is 14.1. The molecule has 1 aromatic heterocycles. The highest BCUT2D eigenvalue weighted by molar-refractivity contribution is 7.22. The molecule has 1 heterocycles. The molecule has 0 aliphatic rings. The van der Waals surface area contributed by atoms with E-state index in [-0.39, 0.29) is 11.9 Å². The molecule has 0 unspecified atom stereocenters. The average Bonchev–Trinajstić information content (AvgIpc) is 2.96. The van der Waals surface area contributed by atoms with Crippen LogP contribution in [0.25, 0.3) is 10.2 Å². The van der Waals surface area contributed by atoms with Crippen LogP contribution in [0, 0.1) is 6.92 Å². The maximum Gasteiger partial charge on any atom is 0.338 e. The fourth-order valence-electron chi connectivity index (χ4n) is 2.31. The Bertz CT molecular complexity index is 918. The Hall–Kier alpha value is -2.73. The van der Waals surface area contributed by atoms with Crippen molar-refractivity contribution in [3.05, 3.63) is 59.2 Å². The lowest BCUT2D eigenvalue weighted by molar-refractivity contribution is 0.0526. The van der Waals surface area contributed by atoms with Gasteiger partial charge in [-0.2, -0.15) is 0 Å². The summed E-state index contributed by atoms with van der Waals surface area (Å²) in [5, 5.41) is 3.31. The smallest absolute Gasteiger partial charge is 0.338 e. The number of hydrogen-bond donors (Lipinski definition) is 1. The fourth-order valence-corrected chi connectivity index (χ4v) is 3.21. The van der Waals surface area contributed by atoms with Crippen LogP contribution in [0.1, 0.15) is 33.2 Å². The van der Waals surface area contributed by atoms with Crippen molar-refractivity contribution >= 4 is 38.6 Å². The molecule has 0 bridgehead atoms. The third-order valence-electron chi connectivity index (χ3n) is 3.51. The van der Waals surface area contributed by atoms with Crippen molar-refractivity contribution in [1.82, 2.24) is 4.98 Å². The second-order valence-corrected chi connectivity index (χ2v) is 6.22. The van der Waals surface area contributed by atoms with Gasteiger partial charge in [0.05, 0.1) is 22.4 Å². The first-order valence-electron chi connectivity index (χ1n) is 7.53. The molecular formula is C18H16N2O3S. The molecule has 0 saturated carbocycles. The average molecular weight is 340 g/mol. The summed E-state index contributed by atoms with van der Waals surface area (Å²) in [6.07, 6.45) is 0. The number of ether oxygens (including phenoxy) is 1. The number of aryl methyl sites for hydroxylation is 1. The van der Waals surface area contributed by atoms with Crippen molar-refractivity contribution < 1.29 is 14.3 Å². The van der Waals surface area contributed by atoms with Crippen molar-refractivity contribution in [1.29, 1.82) is 0 Å². The van der Waals surface area contributed by atoms with E-state index in [9.17, 15) is 9.59 Å². The second-order valence-electron chi connectivity index (χ2n) is 5.19. The van der Waals surface area contributed by atoms with Gasteiger partial charge in [0, 0.05) is 5.56 Å². The summed E-state index contributed by atoms with van der Waals surface area (Å²) in [7, 11) is 0. The lowest BCUT2D eigenvalue weighted by Gasteiger charge is -2.04. The summed E-state index contributed by atoms with van der Waals surface area (Å²) >= 11 is 1.32. The molecule has 0 aliphatic carbocycles. The number of nitrogens with one attached hydrogen (secondary N) is 1. The predicted octanol–water partition coefficient (Wildman–Crippen LogP) is 4.03. The minimum atomic E-state index is -0.363. The molecule has 3 aromatic rings. The number of amides is 1. The number of carbonyl (C=O) groups is 2. The highest BCUT2D eigenvalue weighted by Crippen LogP contribution is 2.27. The van der Waals surface area contributed by atoms with Gasteiger partial charge in [-0.25, -0.2) is 9.78 Å². The molecule has 0 aliphatic heterocycles. The molecule has 122 valence electrons. The Kier molecular flexibility index (Phi) is 4.57. The van der Waals surface area contributed by atoms with E-state index in [1.54, 1.807) is 31.2 Å². The van der Waals surface area contributed by atoms with Crippen LogP contribution >= 0.6 is 11.3 Å². The van der Waals surface area contributed by atoms with Crippen molar-refractivity contribution in [2.75, 3.05) is 11.9 Å². The van der Waals surface area contributed by atoms with E-state index < -0.39 is 0 Å². The number of benzene rings is 2. The van der Waals surface area contributed by atoms with E-state index in [1.165, 1.54) is 11.3 Å². The van der Waals surface area contributed by atoms with Gasteiger partial charge >= 0.3 is 5.97 Å². The number of esters is 1. The molecule has 0 saturated heterocycles. The first-order valence-corrected chi connectivity index (χ1v) is 8.35. The molecule has 1 amide bonds. The Morgan fingerprint density at radius 1 is 1.21 bits per heavy atom. The number of carbonyl (C=O) groups excluding carboxylic acids is 2. The predicted molar refractivity (Wildman–Crippen MR) is 94.7 cm³/mol. The topological polar surface area (TPSA) is 68.3 Å². The first kappa shape index (κ1) is 16.1. The molecule has 24 heavy (non-hydrogen) atoms. The normalized spacial score (nSPS) is 10.6. The van der Waals surface area contributed by atoms with Crippen molar-refractivity contribution in [2.45, 2.75) is 13.8 Å². The molecule has 2 aromatic carbocycles. The standard InChI is InChI=1S/C18H16N2O3S/c1-3-23-17(22)12-8-9-14-15(10-12)24-18(19-14)20-16(21)13-7-5-4-6-11(13)2/h4-10H,3H2,1-2H3,(H,19,20,21). The Morgan fingerprint density at radius 2 is 2.00 bits per heavy atom.